The number of carbonyl (C=O) groups is 1. The zero-order valence-electron chi connectivity index (χ0n) is 15.6. The maximum absolute atomic E-state index is 12.0. The van der Waals surface area contributed by atoms with Crippen molar-refractivity contribution in [3.05, 3.63) is 75.9 Å². The summed E-state index contributed by atoms with van der Waals surface area (Å²) < 4.78 is 11.8. The molecule has 0 radical (unpaired) electrons. The van der Waals surface area contributed by atoms with Gasteiger partial charge in [-0.1, -0.05) is 36.4 Å². The predicted octanol–water partition coefficient (Wildman–Crippen LogP) is 4.91. The van der Waals surface area contributed by atoms with Gasteiger partial charge in [-0.15, -0.1) is 0 Å². The Labute approximate surface area is 154 Å². The fraction of sp³-hybridized carbons (Fsp3) is 0.348. The Kier molecular flexibility index (Phi) is 4.10. The number of hydrogen-bond donors (Lipinski definition) is 0. The minimum atomic E-state index is -0.254. The minimum Gasteiger partial charge on any atom is -0.489 e. The Morgan fingerprint density at radius 1 is 1.23 bits per heavy atom. The lowest BCUT2D eigenvalue weighted by Gasteiger charge is -2.30. The molecule has 2 aromatic rings. The van der Waals surface area contributed by atoms with Gasteiger partial charge in [-0.3, -0.25) is 0 Å². The molecule has 134 valence electrons. The summed E-state index contributed by atoms with van der Waals surface area (Å²) in [4.78, 5) is 12.0. The molecule has 1 heterocycles. The SMILES string of the molecule is C=C1C(=O)OC2c3c(C)c(OCc4cccc(C)c4)cc(C)c3CCC12. The molecule has 2 aliphatic rings. The summed E-state index contributed by atoms with van der Waals surface area (Å²) in [6.07, 6.45) is 1.67. The van der Waals surface area contributed by atoms with E-state index in [1.54, 1.807) is 0 Å². The van der Waals surface area contributed by atoms with E-state index >= 15 is 0 Å². The fourth-order valence-electron chi connectivity index (χ4n) is 4.29. The lowest BCUT2D eigenvalue weighted by atomic mass is 9.76. The number of hydrogen-bond acceptors (Lipinski definition) is 3. The molecule has 3 nitrogen and oxygen atoms in total. The van der Waals surface area contributed by atoms with Gasteiger partial charge in [-0.25, -0.2) is 4.79 Å². The van der Waals surface area contributed by atoms with Gasteiger partial charge in [-0.05, 0) is 61.9 Å². The molecule has 2 aromatic carbocycles. The minimum absolute atomic E-state index is 0.0973. The Balaban J connectivity index is 1.68. The van der Waals surface area contributed by atoms with E-state index in [0.717, 1.165) is 35.3 Å². The second-order valence-electron chi connectivity index (χ2n) is 7.48. The van der Waals surface area contributed by atoms with E-state index in [2.05, 4.69) is 51.6 Å². The van der Waals surface area contributed by atoms with E-state index in [0.29, 0.717) is 12.2 Å². The lowest BCUT2D eigenvalue weighted by Crippen LogP contribution is -2.20. The van der Waals surface area contributed by atoms with E-state index in [1.165, 1.54) is 16.7 Å². The summed E-state index contributed by atoms with van der Waals surface area (Å²) in [6.45, 7) is 10.7. The zero-order chi connectivity index (χ0) is 18.4. The molecule has 1 aliphatic carbocycles. The van der Waals surface area contributed by atoms with Crippen LogP contribution < -0.4 is 4.74 Å². The molecule has 1 saturated heterocycles. The number of rotatable bonds is 3. The van der Waals surface area contributed by atoms with E-state index < -0.39 is 0 Å². The summed E-state index contributed by atoms with van der Waals surface area (Å²) in [5.74, 6) is 0.716. The van der Waals surface area contributed by atoms with Crippen LogP contribution in [0.1, 0.15) is 45.9 Å². The Hall–Kier alpha value is -2.55. The van der Waals surface area contributed by atoms with Crippen LogP contribution in [0.4, 0.5) is 0 Å². The number of benzene rings is 2. The van der Waals surface area contributed by atoms with E-state index in [9.17, 15) is 4.79 Å². The second kappa shape index (κ2) is 6.31. The van der Waals surface area contributed by atoms with Gasteiger partial charge in [0, 0.05) is 17.1 Å². The van der Waals surface area contributed by atoms with Crippen molar-refractivity contribution < 1.29 is 14.3 Å². The molecule has 1 aliphatic heterocycles. The summed E-state index contributed by atoms with van der Waals surface area (Å²) in [5.41, 5.74) is 7.71. The normalized spacial score (nSPS) is 21.2. The number of ether oxygens (including phenoxy) is 2. The van der Waals surface area contributed by atoms with Gasteiger partial charge in [0.1, 0.15) is 18.5 Å². The van der Waals surface area contributed by atoms with Crippen LogP contribution in [0.25, 0.3) is 0 Å². The molecule has 0 bridgehead atoms. The van der Waals surface area contributed by atoms with Crippen molar-refractivity contribution >= 4 is 5.97 Å². The number of esters is 1. The average molecular weight is 348 g/mol. The highest BCUT2D eigenvalue weighted by Crippen LogP contribution is 2.49. The van der Waals surface area contributed by atoms with E-state index in [4.69, 9.17) is 9.47 Å². The monoisotopic (exact) mass is 348 g/mol. The molecule has 3 heteroatoms. The zero-order valence-corrected chi connectivity index (χ0v) is 15.6. The molecule has 0 spiro atoms. The highest BCUT2D eigenvalue weighted by Gasteiger charge is 2.44. The van der Waals surface area contributed by atoms with Crippen molar-refractivity contribution in [2.24, 2.45) is 5.92 Å². The molecular weight excluding hydrogens is 324 g/mol. The summed E-state index contributed by atoms with van der Waals surface area (Å²) >= 11 is 0. The van der Waals surface area contributed by atoms with Gasteiger partial charge in [0.05, 0.1) is 0 Å². The first kappa shape index (κ1) is 16.9. The van der Waals surface area contributed by atoms with E-state index in [-0.39, 0.29) is 18.0 Å². The predicted molar refractivity (Wildman–Crippen MR) is 101 cm³/mol. The molecule has 2 atom stereocenters. The van der Waals surface area contributed by atoms with Crippen LogP contribution in [-0.4, -0.2) is 5.97 Å². The van der Waals surface area contributed by atoms with Crippen LogP contribution in [0.15, 0.2) is 42.5 Å². The van der Waals surface area contributed by atoms with Crippen molar-refractivity contribution in [1.82, 2.24) is 0 Å². The molecule has 1 fully saturated rings. The highest BCUT2D eigenvalue weighted by atomic mass is 16.6. The number of carbonyl (C=O) groups excluding carboxylic acids is 1. The van der Waals surface area contributed by atoms with Crippen LogP contribution >= 0.6 is 0 Å². The maximum Gasteiger partial charge on any atom is 0.334 e. The third kappa shape index (κ3) is 2.72. The quantitative estimate of drug-likeness (QED) is 0.584. The first-order valence-corrected chi connectivity index (χ1v) is 9.17. The second-order valence-corrected chi connectivity index (χ2v) is 7.48. The van der Waals surface area contributed by atoms with Crippen LogP contribution in [0.2, 0.25) is 0 Å². The lowest BCUT2D eigenvalue weighted by molar-refractivity contribution is -0.139. The van der Waals surface area contributed by atoms with Gasteiger partial charge >= 0.3 is 5.97 Å². The van der Waals surface area contributed by atoms with Crippen LogP contribution in [0.5, 0.6) is 5.75 Å². The standard InChI is InChI=1S/C23H24O3/c1-13-6-5-7-17(10-13)12-25-20-11-14(2)18-8-9-19-15(3)23(24)26-22(19)21(18)16(20)4/h5-7,10-11,19,22H,3,8-9,12H2,1-2,4H3. The number of aryl methyl sites for hydroxylation is 2. The summed E-state index contributed by atoms with van der Waals surface area (Å²) in [6, 6.07) is 10.5. The molecule has 0 aromatic heterocycles. The molecule has 0 amide bonds. The van der Waals surface area contributed by atoms with Gasteiger partial charge in [-0.2, -0.15) is 0 Å². The summed E-state index contributed by atoms with van der Waals surface area (Å²) in [5, 5.41) is 0. The van der Waals surface area contributed by atoms with Gasteiger partial charge in [0.15, 0.2) is 0 Å². The molecule has 0 saturated carbocycles. The molecule has 0 N–H and O–H groups in total. The largest absolute Gasteiger partial charge is 0.489 e. The Morgan fingerprint density at radius 3 is 2.81 bits per heavy atom. The first-order chi connectivity index (χ1) is 12.5. The van der Waals surface area contributed by atoms with Crippen molar-refractivity contribution in [3.8, 4) is 5.75 Å². The molecule has 26 heavy (non-hydrogen) atoms. The van der Waals surface area contributed by atoms with Gasteiger partial charge in [0.25, 0.3) is 0 Å². The van der Waals surface area contributed by atoms with Crippen LogP contribution in [-0.2, 0) is 22.6 Å². The van der Waals surface area contributed by atoms with Crippen molar-refractivity contribution in [3.63, 3.8) is 0 Å². The molecule has 4 rings (SSSR count). The highest BCUT2D eigenvalue weighted by molar-refractivity contribution is 5.91. The van der Waals surface area contributed by atoms with Gasteiger partial charge in [0.2, 0.25) is 0 Å². The smallest absolute Gasteiger partial charge is 0.334 e. The van der Waals surface area contributed by atoms with Gasteiger partial charge < -0.3 is 9.47 Å². The van der Waals surface area contributed by atoms with E-state index in [1.807, 2.05) is 6.07 Å². The average Bonchev–Trinajstić information content (AvgIpc) is 2.91. The fourth-order valence-corrected chi connectivity index (χ4v) is 4.29. The third-order valence-electron chi connectivity index (χ3n) is 5.70. The van der Waals surface area contributed by atoms with Crippen LogP contribution in [0, 0.1) is 26.7 Å². The van der Waals surface area contributed by atoms with Crippen molar-refractivity contribution in [1.29, 1.82) is 0 Å². The Bertz CT molecular complexity index is 910. The number of fused-ring (bicyclic) bond motifs is 3. The topological polar surface area (TPSA) is 35.5 Å². The first-order valence-electron chi connectivity index (χ1n) is 9.17. The molecule has 2 unspecified atom stereocenters. The summed E-state index contributed by atoms with van der Waals surface area (Å²) in [7, 11) is 0. The maximum atomic E-state index is 12.0. The Morgan fingerprint density at radius 2 is 2.04 bits per heavy atom. The molecular formula is C23H24O3. The third-order valence-corrected chi connectivity index (χ3v) is 5.70. The van der Waals surface area contributed by atoms with Crippen molar-refractivity contribution in [2.75, 3.05) is 0 Å². The van der Waals surface area contributed by atoms with Crippen LogP contribution in [0.3, 0.4) is 0 Å². The van der Waals surface area contributed by atoms with Crippen molar-refractivity contribution in [2.45, 2.75) is 46.3 Å².